The Kier molecular flexibility index (Phi) is 4.69. The van der Waals surface area contributed by atoms with Crippen LogP contribution in [0.3, 0.4) is 0 Å². The Morgan fingerprint density at radius 3 is 2.83 bits per heavy atom. The van der Waals surface area contributed by atoms with E-state index in [2.05, 4.69) is 9.97 Å². The zero-order chi connectivity index (χ0) is 17.3. The van der Waals surface area contributed by atoms with E-state index in [1.54, 1.807) is 23.1 Å². The highest BCUT2D eigenvalue weighted by Gasteiger charge is 2.19. The maximum Gasteiger partial charge on any atom is 0.264 e. The largest absolute Gasteiger partial charge is 0.331 e. The average Bonchev–Trinajstić information content (AvgIpc) is 2.97. The number of carbonyl (C=O) groups excluding carboxylic acids is 1. The quantitative estimate of drug-likeness (QED) is 0.772. The number of nitrogens with zero attached hydrogens (tertiary/aromatic N) is 2. The van der Waals surface area contributed by atoms with Crippen molar-refractivity contribution in [1.29, 1.82) is 0 Å². The second-order valence-corrected chi connectivity index (χ2v) is 6.78. The number of rotatable bonds is 4. The van der Waals surface area contributed by atoms with Crippen molar-refractivity contribution in [3.8, 4) is 0 Å². The van der Waals surface area contributed by atoms with Gasteiger partial charge in [-0.2, -0.15) is 0 Å². The zero-order valence-corrected chi connectivity index (χ0v) is 14.9. The van der Waals surface area contributed by atoms with Gasteiger partial charge in [-0.1, -0.05) is 11.6 Å². The number of benzene rings is 1. The number of thiophene rings is 1. The van der Waals surface area contributed by atoms with Gasteiger partial charge in [-0.25, -0.2) is 4.98 Å². The fraction of sp³-hybridized carbons (Fsp3) is 0.235. The van der Waals surface area contributed by atoms with Gasteiger partial charge in [0.15, 0.2) is 0 Å². The van der Waals surface area contributed by atoms with Crippen LogP contribution < -0.4 is 5.56 Å². The third-order valence-electron chi connectivity index (χ3n) is 3.78. The van der Waals surface area contributed by atoms with Gasteiger partial charge >= 0.3 is 0 Å². The maximum atomic E-state index is 12.7. The number of aryl methyl sites for hydroxylation is 1. The van der Waals surface area contributed by atoms with Crippen LogP contribution in [0.4, 0.5) is 0 Å². The molecule has 0 radical (unpaired) electrons. The van der Waals surface area contributed by atoms with Gasteiger partial charge in [-0.05, 0) is 49.1 Å². The molecule has 0 aliphatic carbocycles. The van der Waals surface area contributed by atoms with Gasteiger partial charge in [0, 0.05) is 11.6 Å². The zero-order valence-electron chi connectivity index (χ0n) is 13.3. The van der Waals surface area contributed by atoms with Gasteiger partial charge in [0.2, 0.25) is 0 Å². The Morgan fingerprint density at radius 1 is 1.38 bits per heavy atom. The van der Waals surface area contributed by atoms with Crippen LogP contribution in [-0.2, 0) is 6.54 Å². The molecule has 3 aromatic rings. The SMILES string of the molecule is CCN(Cc1nc2cc(Cl)ccc2c(=O)[nH]1)C(=O)c1sccc1C. The third kappa shape index (κ3) is 3.20. The molecule has 0 atom stereocenters. The van der Waals surface area contributed by atoms with Crippen LogP contribution in [0.2, 0.25) is 5.02 Å². The van der Waals surface area contributed by atoms with Crippen molar-refractivity contribution >= 4 is 39.7 Å². The van der Waals surface area contributed by atoms with E-state index in [0.717, 1.165) is 5.56 Å². The molecule has 124 valence electrons. The summed E-state index contributed by atoms with van der Waals surface area (Å²) < 4.78 is 0. The molecule has 0 aliphatic rings. The van der Waals surface area contributed by atoms with E-state index in [1.807, 2.05) is 25.3 Å². The molecular weight excluding hydrogens is 346 g/mol. The molecule has 1 amide bonds. The van der Waals surface area contributed by atoms with Crippen molar-refractivity contribution < 1.29 is 4.79 Å². The predicted octanol–water partition coefficient (Wildman–Crippen LogP) is 3.61. The summed E-state index contributed by atoms with van der Waals surface area (Å²) in [6, 6.07) is 6.87. The Balaban J connectivity index is 1.94. The number of fused-ring (bicyclic) bond motifs is 1. The Hall–Kier alpha value is -2.18. The van der Waals surface area contributed by atoms with Gasteiger partial charge in [0.25, 0.3) is 11.5 Å². The molecule has 0 saturated heterocycles. The van der Waals surface area contributed by atoms with E-state index in [1.165, 1.54) is 11.3 Å². The minimum atomic E-state index is -0.234. The first-order valence-electron chi connectivity index (χ1n) is 7.51. The Labute approximate surface area is 147 Å². The first-order chi connectivity index (χ1) is 11.5. The molecule has 2 heterocycles. The summed E-state index contributed by atoms with van der Waals surface area (Å²) in [6.45, 7) is 4.57. The van der Waals surface area contributed by atoms with E-state index in [4.69, 9.17) is 11.6 Å². The summed E-state index contributed by atoms with van der Waals surface area (Å²) in [5, 5.41) is 2.89. The van der Waals surface area contributed by atoms with Crippen molar-refractivity contribution in [2.24, 2.45) is 0 Å². The average molecular weight is 362 g/mol. The van der Waals surface area contributed by atoms with Crippen LogP contribution in [0.25, 0.3) is 10.9 Å². The van der Waals surface area contributed by atoms with Crippen molar-refractivity contribution in [3.05, 3.63) is 61.3 Å². The summed E-state index contributed by atoms with van der Waals surface area (Å²) in [5.41, 5.74) is 1.25. The fourth-order valence-corrected chi connectivity index (χ4v) is 3.54. The van der Waals surface area contributed by atoms with Gasteiger partial charge in [0.1, 0.15) is 5.82 Å². The molecular formula is C17H16ClN3O2S. The van der Waals surface area contributed by atoms with Gasteiger partial charge < -0.3 is 9.88 Å². The van der Waals surface area contributed by atoms with Crippen LogP contribution in [-0.4, -0.2) is 27.3 Å². The lowest BCUT2D eigenvalue weighted by atomic mass is 10.2. The second kappa shape index (κ2) is 6.75. The van der Waals surface area contributed by atoms with Crippen LogP contribution in [0.1, 0.15) is 28.0 Å². The van der Waals surface area contributed by atoms with Crippen LogP contribution >= 0.6 is 22.9 Å². The van der Waals surface area contributed by atoms with E-state index in [9.17, 15) is 9.59 Å². The third-order valence-corrected chi connectivity index (χ3v) is 5.02. The van der Waals surface area contributed by atoms with Crippen molar-refractivity contribution in [2.45, 2.75) is 20.4 Å². The molecule has 5 nitrogen and oxygen atoms in total. The topological polar surface area (TPSA) is 66.1 Å². The van der Waals surface area contributed by atoms with Crippen LogP contribution in [0, 0.1) is 6.92 Å². The van der Waals surface area contributed by atoms with E-state index >= 15 is 0 Å². The summed E-state index contributed by atoms with van der Waals surface area (Å²) in [7, 11) is 0. The number of H-pyrrole nitrogens is 1. The number of nitrogens with one attached hydrogen (secondary N) is 1. The number of aromatic nitrogens is 2. The molecule has 0 unspecified atom stereocenters. The van der Waals surface area contributed by atoms with E-state index in [0.29, 0.717) is 33.2 Å². The first kappa shape index (κ1) is 16.7. The lowest BCUT2D eigenvalue weighted by Gasteiger charge is -2.20. The lowest BCUT2D eigenvalue weighted by molar-refractivity contribution is 0.0752. The van der Waals surface area contributed by atoms with Crippen molar-refractivity contribution in [1.82, 2.24) is 14.9 Å². The first-order valence-corrected chi connectivity index (χ1v) is 8.77. The smallest absolute Gasteiger partial charge is 0.264 e. The fourth-order valence-electron chi connectivity index (χ4n) is 2.48. The summed E-state index contributed by atoms with van der Waals surface area (Å²) >= 11 is 7.39. The predicted molar refractivity (Wildman–Crippen MR) is 96.8 cm³/mol. The van der Waals surface area contributed by atoms with Gasteiger partial charge in [0.05, 0.1) is 22.3 Å². The number of carbonyl (C=O) groups is 1. The number of hydrogen-bond acceptors (Lipinski definition) is 4. The minimum Gasteiger partial charge on any atom is -0.331 e. The molecule has 0 fully saturated rings. The number of hydrogen-bond donors (Lipinski definition) is 1. The molecule has 0 spiro atoms. The number of aromatic amines is 1. The highest BCUT2D eigenvalue weighted by molar-refractivity contribution is 7.12. The minimum absolute atomic E-state index is 0.0566. The standard InChI is InChI=1S/C17H16ClN3O2S/c1-3-21(17(23)15-10(2)6-7-24-15)9-14-19-13-8-11(18)4-5-12(13)16(22)20-14/h4-8H,3,9H2,1-2H3,(H,19,20,22). The van der Waals surface area contributed by atoms with Gasteiger partial charge in [-0.15, -0.1) is 11.3 Å². The maximum absolute atomic E-state index is 12.7. The number of amides is 1. The summed E-state index contributed by atoms with van der Waals surface area (Å²) in [5.74, 6) is 0.387. The highest BCUT2D eigenvalue weighted by Crippen LogP contribution is 2.19. The molecule has 1 N–H and O–H groups in total. The molecule has 1 aromatic carbocycles. The highest BCUT2D eigenvalue weighted by atomic mass is 35.5. The van der Waals surface area contributed by atoms with E-state index in [-0.39, 0.29) is 18.0 Å². The molecule has 7 heteroatoms. The normalized spacial score (nSPS) is 11.0. The van der Waals surface area contributed by atoms with Crippen molar-refractivity contribution in [3.63, 3.8) is 0 Å². The molecule has 0 aliphatic heterocycles. The summed E-state index contributed by atoms with van der Waals surface area (Å²) in [4.78, 5) is 34.4. The monoisotopic (exact) mass is 361 g/mol. The molecule has 0 saturated carbocycles. The number of halogens is 1. The Bertz CT molecular complexity index is 964. The van der Waals surface area contributed by atoms with Crippen LogP contribution in [0.15, 0.2) is 34.4 Å². The lowest BCUT2D eigenvalue weighted by Crippen LogP contribution is -2.31. The molecule has 2 aromatic heterocycles. The molecule has 24 heavy (non-hydrogen) atoms. The molecule has 3 rings (SSSR count). The molecule has 0 bridgehead atoms. The van der Waals surface area contributed by atoms with E-state index < -0.39 is 0 Å². The Morgan fingerprint density at radius 2 is 2.17 bits per heavy atom. The van der Waals surface area contributed by atoms with Gasteiger partial charge in [-0.3, -0.25) is 9.59 Å². The van der Waals surface area contributed by atoms with Crippen molar-refractivity contribution in [2.75, 3.05) is 6.54 Å². The second-order valence-electron chi connectivity index (χ2n) is 5.43. The summed E-state index contributed by atoms with van der Waals surface area (Å²) in [6.07, 6.45) is 0. The van der Waals surface area contributed by atoms with Crippen LogP contribution in [0.5, 0.6) is 0 Å².